The molecular weight excluding hydrogens is 753 g/mol. The van der Waals surface area contributed by atoms with E-state index in [1.54, 1.807) is 64.7 Å². The van der Waals surface area contributed by atoms with Gasteiger partial charge in [-0.05, 0) is 74.0 Å². The molecule has 296 valence electrons. The second kappa shape index (κ2) is 14.2. The summed E-state index contributed by atoms with van der Waals surface area (Å²) in [7, 11) is -3.13. The van der Waals surface area contributed by atoms with Crippen LogP contribution in [0.3, 0.4) is 0 Å². The van der Waals surface area contributed by atoms with Gasteiger partial charge in [0.15, 0.2) is 13.9 Å². The van der Waals surface area contributed by atoms with Crippen LogP contribution in [-0.2, 0) is 26.5 Å². The summed E-state index contributed by atoms with van der Waals surface area (Å²) in [6.45, 7) is 6.01. The van der Waals surface area contributed by atoms with E-state index in [1.807, 2.05) is 68.5 Å². The third kappa shape index (κ3) is 6.01. The molecule has 2 N–H and O–H groups in total. The lowest BCUT2D eigenvalue weighted by molar-refractivity contribution is -0.150. The molecule has 4 aromatic carbocycles. The molecule has 3 aliphatic heterocycles. The van der Waals surface area contributed by atoms with Crippen LogP contribution < -0.4 is 16.0 Å². The van der Waals surface area contributed by atoms with Crippen LogP contribution in [0.25, 0.3) is 32.9 Å². The number of carbonyl (C=O) groups excluding carboxylic acids is 2. The average molecular weight is 797 g/mol. The fraction of sp³-hybridized carbons (Fsp3) is 0.318. The van der Waals surface area contributed by atoms with Crippen molar-refractivity contribution in [2.45, 2.75) is 69.1 Å². The van der Waals surface area contributed by atoms with E-state index in [0.717, 1.165) is 17.4 Å². The van der Waals surface area contributed by atoms with E-state index in [4.69, 9.17) is 4.74 Å². The number of likely N-dealkylation sites (tertiary alicyclic amines) is 1. The molecule has 0 bridgehead atoms. The second-order valence-corrected chi connectivity index (χ2v) is 20.3. The van der Waals surface area contributed by atoms with E-state index in [9.17, 15) is 24.3 Å². The Morgan fingerprint density at radius 1 is 0.862 bits per heavy atom. The maximum Gasteiger partial charge on any atom is 0.279 e. The molecule has 0 radical (unpaired) electrons. The SMILES string of the molecule is C[C@H]1[C@H]([Si](C)(C)O)[C@@H](CC(=O)N2CCC[C@H]2CO)O[C@]12C(=O)N(Cc1cccc(-n3ncc4ccccc4c3=O)c1)c1ccc(-n3ncc4ccccc4c3=O)cc12. The van der Waals surface area contributed by atoms with Crippen LogP contribution >= 0.6 is 0 Å². The van der Waals surface area contributed by atoms with E-state index in [-0.39, 0.29) is 48.5 Å². The van der Waals surface area contributed by atoms with Gasteiger partial charge in [0.1, 0.15) is 0 Å². The zero-order chi connectivity index (χ0) is 40.5. The lowest BCUT2D eigenvalue weighted by Crippen LogP contribution is -2.46. The van der Waals surface area contributed by atoms with Gasteiger partial charge in [0.05, 0.1) is 71.9 Å². The van der Waals surface area contributed by atoms with E-state index < -0.39 is 31.5 Å². The number of rotatable bonds is 8. The Morgan fingerprint density at radius 3 is 2.14 bits per heavy atom. The number of benzene rings is 4. The third-order valence-electron chi connectivity index (χ3n) is 12.4. The highest BCUT2D eigenvalue weighted by Gasteiger charge is 2.66. The predicted molar refractivity (Wildman–Crippen MR) is 221 cm³/mol. The Hall–Kier alpha value is -5.80. The Kier molecular flexibility index (Phi) is 9.27. The number of fused-ring (bicyclic) bond motifs is 4. The number of anilines is 1. The van der Waals surface area contributed by atoms with Gasteiger partial charge in [-0.15, -0.1) is 0 Å². The maximum atomic E-state index is 15.4. The van der Waals surface area contributed by atoms with Gasteiger partial charge in [-0.2, -0.15) is 19.6 Å². The van der Waals surface area contributed by atoms with Crippen molar-refractivity contribution in [3.63, 3.8) is 0 Å². The van der Waals surface area contributed by atoms with Gasteiger partial charge in [0.2, 0.25) is 5.91 Å². The smallest absolute Gasteiger partial charge is 0.279 e. The van der Waals surface area contributed by atoms with Crippen LogP contribution in [0.15, 0.2) is 113 Å². The van der Waals surface area contributed by atoms with Gasteiger partial charge in [-0.1, -0.05) is 55.5 Å². The van der Waals surface area contributed by atoms with Crippen molar-refractivity contribution in [1.82, 2.24) is 24.5 Å². The molecule has 6 aromatic rings. The third-order valence-corrected chi connectivity index (χ3v) is 14.9. The Morgan fingerprint density at radius 2 is 1.50 bits per heavy atom. The van der Waals surface area contributed by atoms with E-state index in [0.29, 0.717) is 51.7 Å². The van der Waals surface area contributed by atoms with Crippen LogP contribution in [0.4, 0.5) is 5.69 Å². The molecule has 0 aliphatic carbocycles. The first-order valence-electron chi connectivity index (χ1n) is 19.7. The van der Waals surface area contributed by atoms with E-state index in [2.05, 4.69) is 10.2 Å². The van der Waals surface area contributed by atoms with Crippen molar-refractivity contribution in [2.24, 2.45) is 5.92 Å². The standard InChI is InChI=1S/C44H44N6O7Si/c1-27-40(58(2,3)56)38(22-39(52)47-19-9-14-33(47)26-51)57-44(27)36-21-32(50-42(54)35-16-7-5-12-30(35)24-46-50)17-18-37(36)48(43(44)55)25-28-10-8-13-31(20-28)49-41(53)34-15-6-4-11-29(34)23-45-49/h4-8,10-13,15-18,20-21,23-24,27,33,38,40,51,56H,9,14,19,22,25-26H2,1-3H3/t27-,33-,38+,40-,44+/m0/s1. The lowest BCUT2D eigenvalue weighted by Gasteiger charge is -2.33. The molecular formula is C44H44N6O7Si. The molecule has 2 aromatic heterocycles. The fourth-order valence-electron chi connectivity index (χ4n) is 9.72. The zero-order valence-electron chi connectivity index (χ0n) is 32.5. The quantitative estimate of drug-likeness (QED) is 0.206. The molecule has 58 heavy (non-hydrogen) atoms. The van der Waals surface area contributed by atoms with Crippen molar-refractivity contribution in [2.75, 3.05) is 18.1 Å². The van der Waals surface area contributed by atoms with Crippen LogP contribution in [0.5, 0.6) is 0 Å². The zero-order valence-corrected chi connectivity index (χ0v) is 33.5. The molecule has 2 saturated heterocycles. The summed E-state index contributed by atoms with van der Waals surface area (Å²) < 4.78 is 9.68. The lowest BCUT2D eigenvalue weighted by atomic mass is 9.82. The highest BCUT2D eigenvalue weighted by molar-refractivity contribution is 6.71. The number of aliphatic hydroxyl groups excluding tert-OH is 1. The topological polar surface area (TPSA) is 160 Å². The molecule has 2 fully saturated rings. The largest absolute Gasteiger partial charge is 0.432 e. The summed E-state index contributed by atoms with van der Waals surface area (Å²) >= 11 is 0. The summed E-state index contributed by atoms with van der Waals surface area (Å²) in [5, 5.41) is 21.4. The highest BCUT2D eigenvalue weighted by atomic mass is 28.4. The number of hydrogen-bond acceptors (Lipinski definition) is 9. The number of ether oxygens (including phenoxy) is 1. The van der Waals surface area contributed by atoms with Crippen LogP contribution in [-0.4, -0.2) is 79.8 Å². The summed E-state index contributed by atoms with van der Waals surface area (Å²) in [6, 6.07) is 26.8. The first-order valence-corrected chi connectivity index (χ1v) is 22.7. The molecule has 0 saturated carbocycles. The summed E-state index contributed by atoms with van der Waals surface area (Å²) in [6.07, 6.45) is 3.90. The number of carbonyl (C=O) groups is 2. The summed E-state index contributed by atoms with van der Waals surface area (Å²) in [5.74, 6) is -1.12. The van der Waals surface area contributed by atoms with Gasteiger partial charge < -0.3 is 24.4 Å². The minimum atomic E-state index is -3.13. The normalized spacial score (nSPS) is 23.1. The summed E-state index contributed by atoms with van der Waals surface area (Å²) in [5.41, 5.74) is 0.0301. The van der Waals surface area contributed by atoms with Gasteiger partial charge >= 0.3 is 0 Å². The Labute approximate surface area is 334 Å². The predicted octanol–water partition coefficient (Wildman–Crippen LogP) is 4.80. The molecule has 3 aliphatic rings. The minimum absolute atomic E-state index is 0.0617. The van der Waals surface area contributed by atoms with Gasteiger partial charge in [-0.3, -0.25) is 19.2 Å². The number of amides is 2. The number of nitrogens with zero attached hydrogens (tertiary/aromatic N) is 6. The Bertz CT molecular complexity index is 2750. The second-order valence-electron chi connectivity index (χ2n) is 16.3. The first-order chi connectivity index (χ1) is 27.9. The molecule has 5 heterocycles. The van der Waals surface area contributed by atoms with Crippen LogP contribution in [0.1, 0.15) is 37.3 Å². The molecule has 0 unspecified atom stereocenters. The number of hydrogen-bond donors (Lipinski definition) is 2. The van der Waals surface area contributed by atoms with Gasteiger partial charge in [0.25, 0.3) is 17.0 Å². The minimum Gasteiger partial charge on any atom is -0.432 e. The number of aliphatic hydroxyl groups is 1. The summed E-state index contributed by atoms with van der Waals surface area (Å²) in [4.78, 5) is 71.9. The average Bonchev–Trinajstić information content (AvgIpc) is 3.88. The molecule has 13 nitrogen and oxygen atoms in total. The Balaban J connectivity index is 1.15. The number of aromatic nitrogens is 4. The monoisotopic (exact) mass is 796 g/mol. The van der Waals surface area contributed by atoms with Gasteiger partial charge in [0, 0.05) is 34.3 Å². The molecule has 1 spiro atoms. The van der Waals surface area contributed by atoms with Crippen molar-refractivity contribution in [1.29, 1.82) is 0 Å². The van der Waals surface area contributed by atoms with Crippen molar-refractivity contribution in [3.05, 3.63) is 135 Å². The highest BCUT2D eigenvalue weighted by Crippen LogP contribution is 2.60. The molecule has 5 atom stereocenters. The maximum absolute atomic E-state index is 15.4. The van der Waals surface area contributed by atoms with Crippen molar-refractivity contribution in [3.8, 4) is 11.4 Å². The molecule has 14 heteroatoms. The van der Waals surface area contributed by atoms with Crippen LogP contribution in [0.2, 0.25) is 18.6 Å². The fourth-order valence-corrected chi connectivity index (χ4v) is 12.3. The molecule has 9 rings (SSSR count). The van der Waals surface area contributed by atoms with E-state index in [1.165, 1.54) is 9.36 Å². The first kappa shape index (κ1) is 37.8. The van der Waals surface area contributed by atoms with Crippen molar-refractivity contribution >= 4 is 47.4 Å². The molecule has 2 amide bonds. The van der Waals surface area contributed by atoms with Crippen LogP contribution in [0, 0.1) is 5.92 Å². The van der Waals surface area contributed by atoms with Crippen molar-refractivity contribution < 1.29 is 24.2 Å². The van der Waals surface area contributed by atoms with E-state index >= 15 is 4.79 Å². The van der Waals surface area contributed by atoms with Gasteiger partial charge in [-0.25, -0.2) is 0 Å².